The van der Waals surface area contributed by atoms with Crippen molar-refractivity contribution in [2.75, 3.05) is 26.7 Å². The summed E-state index contributed by atoms with van der Waals surface area (Å²) in [4.78, 5) is 11.9. The van der Waals surface area contributed by atoms with Crippen LogP contribution in [0.25, 0.3) is 0 Å². The summed E-state index contributed by atoms with van der Waals surface area (Å²) in [6.07, 6.45) is 0. The van der Waals surface area contributed by atoms with Gasteiger partial charge in [-0.05, 0) is 24.6 Å². The summed E-state index contributed by atoms with van der Waals surface area (Å²) in [5.41, 5.74) is 1.69. The molecule has 100 valence electrons. The maximum atomic E-state index is 11.9. The third-order valence-corrected chi connectivity index (χ3v) is 3.09. The Morgan fingerprint density at radius 3 is 2.78 bits per heavy atom. The predicted octanol–water partition coefficient (Wildman–Crippen LogP) is 1.37. The lowest BCUT2D eigenvalue weighted by molar-refractivity contribution is 0.0942. The van der Waals surface area contributed by atoms with E-state index in [-0.39, 0.29) is 18.3 Å². The van der Waals surface area contributed by atoms with E-state index in [0.29, 0.717) is 11.5 Å². The molecule has 1 saturated heterocycles. The summed E-state index contributed by atoms with van der Waals surface area (Å²) in [5.74, 6) is 1.30. The fraction of sp³-hybridized carbons (Fsp3) is 0.462. The first-order chi connectivity index (χ1) is 8.20. The molecule has 0 aliphatic carbocycles. The van der Waals surface area contributed by atoms with Crippen LogP contribution >= 0.6 is 12.4 Å². The van der Waals surface area contributed by atoms with Crippen LogP contribution < -0.4 is 15.4 Å². The van der Waals surface area contributed by atoms with E-state index in [0.717, 1.165) is 30.9 Å². The van der Waals surface area contributed by atoms with Crippen LogP contribution in [0.2, 0.25) is 0 Å². The number of hydrogen-bond donors (Lipinski definition) is 2. The standard InChI is InChI=1S/C13H18N2O2.ClH/c1-9-3-4-11(5-12(9)17-2)13(16)15-8-10-6-14-7-10;/h3-5,10,14H,6-8H2,1-2H3,(H,15,16);1H. The lowest BCUT2D eigenvalue weighted by Gasteiger charge is -2.27. The zero-order valence-electron chi connectivity index (χ0n) is 10.7. The monoisotopic (exact) mass is 270 g/mol. The van der Waals surface area contributed by atoms with Gasteiger partial charge in [0.25, 0.3) is 5.91 Å². The van der Waals surface area contributed by atoms with E-state index < -0.39 is 0 Å². The van der Waals surface area contributed by atoms with Crippen molar-refractivity contribution in [3.8, 4) is 5.75 Å². The average molecular weight is 271 g/mol. The summed E-state index contributed by atoms with van der Waals surface area (Å²) in [6, 6.07) is 5.51. The molecule has 0 radical (unpaired) electrons. The van der Waals surface area contributed by atoms with Crippen molar-refractivity contribution in [2.45, 2.75) is 6.92 Å². The number of hydrogen-bond acceptors (Lipinski definition) is 3. The summed E-state index contributed by atoms with van der Waals surface area (Å²) < 4.78 is 5.20. The number of rotatable bonds is 4. The first-order valence-electron chi connectivity index (χ1n) is 5.84. The lowest BCUT2D eigenvalue weighted by Crippen LogP contribution is -2.48. The van der Waals surface area contributed by atoms with Crippen molar-refractivity contribution >= 4 is 18.3 Å². The minimum absolute atomic E-state index is 0. The molecular formula is C13H19ClN2O2. The molecule has 1 aromatic rings. The molecule has 2 rings (SSSR count). The van der Waals surface area contributed by atoms with Crippen molar-refractivity contribution in [1.82, 2.24) is 10.6 Å². The number of amides is 1. The van der Waals surface area contributed by atoms with Gasteiger partial charge in [-0.2, -0.15) is 0 Å². The Labute approximate surface area is 114 Å². The van der Waals surface area contributed by atoms with Gasteiger partial charge in [0.1, 0.15) is 5.75 Å². The Kier molecular flexibility index (Phi) is 5.44. The number of nitrogens with one attached hydrogen (secondary N) is 2. The SMILES string of the molecule is COc1cc(C(=O)NCC2CNC2)ccc1C.Cl. The van der Waals surface area contributed by atoms with E-state index in [4.69, 9.17) is 4.74 Å². The van der Waals surface area contributed by atoms with E-state index in [1.807, 2.05) is 19.1 Å². The number of ether oxygens (including phenoxy) is 1. The summed E-state index contributed by atoms with van der Waals surface area (Å²) >= 11 is 0. The van der Waals surface area contributed by atoms with Gasteiger partial charge in [0.15, 0.2) is 0 Å². The van der Waals surface area contributed by atoms with Gasteiger partial charge in [0.2, 0.25) is 0 Å². The van der Waals surface area contributed by atoms with Gasteiger partial charge in [-0.15, -0.1) is 12.4 Å². The number of carbonyl (C=O) groups excluding carboxylic acids is 1. The second-order valence-electron chi connectivity index (χ2n) is 4.42. The van der Waals surface area contributed by atoms with Crippen molar-refractivity contribution in [1.29, 1.82) is 0 Å². The minimum atomic E-state index is -0.0322. The Morgan fingerprint density at radius 1 is 1.50 bits per heavy atom. The average Bonchev–Trinajstić information content (AvgIpc) is 2.27. The first kappa shape index (κ1) is 14.8. The van der Waals surface area contributed by atoms with Crippen LogP contribution in [0.5, 0.6) is 5.75 Å². The van der Waals surface area contributed by atoms with E-state index in [9.17, 15) is 4.79 Å². The molecule has 2 N–H and O–H groups in total. The molecule has 5 heteroatoms. The Balaban J connectivity index is 0.00000162. The largest absolute Gasteiger partial charge is 0.496 e. The first-order valence-corrected chi connectivity index (χ1v) is 5.84. The number of benzene rings is 1. The third-order valence-electron chi connectivity index (χ3n) is 3.09. The summed E-state index contributed by atoms with van der Waals surface area (Å²) in [7, 11) is 1.62. The van der Waals surface area contributed by atoms with Crippen molar-refractivity contribution in [3.63, 3.8) is 0 Å². The van der Waals surface area contributed by atoms with Crippen LogP contribution in [0.3, 0.4) is 0 Å². The Hall–Kier alpha value is -1.26. The van der Waals surface area contributed by atoms with Gasteiger partial charge < -0.3 is 15.4 Å². The molecule has 1 aliphatic heterocycles. The molecule has 0 spiro atoms. The number of halogens is 1. The van der Waals surface area contributed by atoms with E-state index in [2.05, 4.69) is 10.6 Å². The van der Waals surface area contributed by atoms with Crippen molar-refractivity contribution < 1.29 is 9.53 Å². The molecule has 0 atom stereocenters. The summed E-state index contributed by atoms with van der Waals surface area (Å²) in [5, 5.41) is 6.12. The minimum Gasteiger partial charge on any atom is -0.496 e. The quantitative estimate of drug-likeness (QED) is 0.869. The zero-order valence-corrected chi connectivity index (χ0v) is 11.5. The number of aryl methyl sites for hydroxylation is 1. The Bertz CT molecular complexity index is 419. The van der Waals surface area contributed by atoms with Crippen LogP contribution in [-0.2, 0) is 0 Å². The molecule has 0 unspecified atom stereocenters. The molecule has 0 aromatic heterocycles. The highest BCUT2D eigenvalue weighted by Gasteiger charge is 2.17. The number of carbonyl (C=O) groups is 1. The second kappa shape index (κ2) is 6.61. The molecule has 1 aromatic carbocycles. The zero-order chi connectivity index (χ0) is 12.3. The molecular weight excluding hydrogens is 252 g/mol. The highest BCUT2D eigenvalue weighted by atomic mass is 35.5. The van der Waals surface area contributed by atoms with Crippen LogP contribution in [0.1, 0.15) is 15.9 Å². The molecule has 1 heterocycles. The fourth-order valence-corrected chi connectivity index (χ4v) is 1.79. The highest BCUT2D eigenvalue weighted by Crippen LogP contribution is 2.18. The molecule has 1 amide bonds. The second-order valence-corrected chi connectivity index (χ2v) is 4.42. The molecule has 1 fully saturated rings. The molecule has 18 heavy (non-hydrogen) atoms. The van der Waals surface area contributed by atoms with Crippen molar-refractivity contribution in [3.05, 3.63) is 29.3 Å². The third kappa shape index (κ3) is 3.37. The molecule has 4 nitrogen and oxygen atoms in total. The molecule has 0 bridgehead atoms. The van der Waals surface area contributed by atoms with Gasteiger partial charge in [-0.1, -0.05) is 6.07 Å². The van der Waals surface area contributed by atoms with Gasteiger partial charge in [0, 0.05) is 31.1 Å². The van der Waals surface area contributed by atoms with Crippen LogP contribution in [-0.4, -0.2) is 32.7 Å². The predicted molar refractivity (Wildman–Crippen MR) is 73.7 cm³/mol. The smallest absolute Gasteiger partial charge is 0.251 e. The normalized spacial score (nSPS) is 14.3. The number of methoxy groups -OCH3 is 1. The van der Waals surface area contributed by atoms with Crippen molar-refractivity contribution in [2.24, 2.45) is 5.92 Å². The highest BCUT2D eigenvalue weighted by molar-refractivity contribution is 5.94. The fourth-order valence-electron chi connectivity index (χ4n) is 1.79. The maximum Gasteiger partial charge on any atom is 0.251 e. The Morgan fingerprint density at radius 2 is 2.22 bits per heavy atom. The maximum absolute atomic E-state index is 11.9. The van der Waals surface area contributed by atoms with Crippen LogP contribution in [0.4, 0.5) is 0 Å². The molecule has 1 aliphatic rings. The van der Waals surface area contributed by atoms with Gasteiger partial charge in [-0.25, -0.2) is 0 Å². The lowest BCUT2D eigenvalue weighted by atomic mass is 10.0. The summed E-state index contributed by atoms with van der Waals surface area (Å²) in [6.45, 7) is 4.69. The van der Waals surface area contributed by atoms with Gasteiger partial charge in [0.05, 0.1) is 7.11 Å². The molecule has 0 saturated carbocycles. The van der Waals surface area contributed by atoms with Crippen LogP contribution in [0, 0.1) is 12.8 Å². The topological polar surface area (TPSA) is 50.4 Å². The van der Waals surface area contributed by atoms with Crippen LogP contribution in [0.15, 0.2) is 18.2 Å². The van der Waals surface area contributed by atoms with Gasteiger partial charge in [-0.3, -0.25) is 4.79 Å². The van der Waals surface area contributed by atoms with E-state index in [1.165, 1.54) is 0 Å². The van der Waals surface area contributed by atoms with Gasteiger partial charge >= 0.3 is 0 Å². The van der Waals surface area contributed by atoms with E-state index in [1.54, 1.807) is 13.2 Å². The van der Waals surface area contributed by atoms with E-state index >= 15 is 0 Å².